The van der Waals surface area contributed by atoms with E-state index in [1.54, 1.807) is 12.4 Å². The van der Waals surface area contributed by atoms with Crippen molar-refractivity contribution in [3.8, 4) is 0 Å². The molecule has 1 aromatic heterocycles. The van der Waals surface area contributed by atoms with Crippen LogP contribution in [0.1, 0.15) is 38.1 Å². The third-order valence-electron chi connectivity index (χ3n) is 4.13. The van der Waals surface area contributed by atoms with E-state index < -0.39 is 0 Å². The first kappa shape index (κ1) is 10.3. The molecule has 3 nitrogen and oxygen atoms in total. The quantitative estimate of drug-likeness (QED) is 0.694. The molecule has 1 aliphatic carbocycles. The molecule has 1 fully saturated rings. The van der Waals surface area contributed by atoms with Crippen molar-refractivity contribution in [1.29, 1.82) is 0 Å². The van der Waals surface area contributed by atoms with E-state index in [1.807, 2.05) is 0 Å². The van der Waals surface area contributed by atoms with Crippen molar-refractivity contribution >= 4 is 5.78 Å². The van der Waals surface area contributed by atoms with Crippen LogP contribution in [0, 0.1) is 16.7 Å². The maximum Gasteiger partial charge on any atom is 0.170 e. The first-order chi connectivity index (χ1) is 6.89. The number of rotatable bonds is 2. The molecule has 0 unspecified atom stereocenters. The van der Waals surface area contributed by atoms with Gasteiger partial charge in [0, 0.05) is 18.3 Å². The van der Waals surface area contributed by atoms with Gasteiger partial charge < -0.3 is 0 Å². The molecule has 0 amide bonds. The fourth-order valence-corrected chi connectivity index (χ4v) is 2.44. The summed E-state index contributed by atoms with van der Waals surface area (Å²) in [5.74, 6) is 0.265. The van der Waals surface area contributed by atoms with Crippen LogP contribution in [-0.4, -0.2) is 15.8 Å². The fraction of sp³-hybridized carbons (Fsp3) is 0.583. The summed E-state index contributed by atoms with van der Waals surface area (Å²) in [7, 11) is 0. The third-order valence-corrected chi connectivity index (χ3v) is 4.13. The molecule has 2 rings (SSSR count). The van der Waals surface area contributed by atoms with Gasteiger partial charge in [0.05, 0.1) is 5.56 Å². The van der Waals surface area contributed by atoms with Gasteiger partial charge in [0.2, 0.25) is 0 Å². The van der Waals surface area contributed by atoms with Crippen molar-refractivity contribution in [2.75, 3.05) is 0 Å². The highest BCUT2D eigenvalue weighted by Crippen LogP contribution is 2.69. The summed E-state index contributed by atoms with van der Waals surface area (Å²) >= 11 is 0. The topological polar surface area (TPSA) is 42.9 Å². The lowest BCUT2D eigenvalue weighted by atomic mass is 10.0. The van der Waals surface area contributed by atoms with Crippen molar-refractivity contribution in [2.24, 2.45) is 16.7 Å². The molecule has 1 saturated carbocycles. The zero-order valence-electron chi connectivity index (χ0n) is 9.61. The number of nitrogens with zero attached hydrogens (tertiary/aromatic N) is 2. The molecule has 0 spiro atoms. The molecule has 15 heavy (non-hydrogen) atoms. The molecule has 0 N–H and O–H groups in total. The lowest BCUT2D eigenvalue weighted by Crippen LogP contribution is -2.08. The molecule has 0 aromatic carbocycles. The van der Waals surface area contributed by atoms with Crippen molar-refractivity contribution in [3.05, 3.63) is 24.3 Å². The van der Waals surface area contributed by atoms with Crippen LogP contribution in [0.5, 0.6) is 0 Å². The molecule has 0 aliphatic heterocycles. The number of Topliss-reactive ketones (excluding diaryl/α,β-unsaturated/α-hetero) is 1. The maximum atomic E-state index is 12.2. The Morgan fingerprint density at radius 2 is 1.60 bits per heavy atom. The minimum atomic E-state index is 0.0833. The van der Waals surface area contributed by atoms with Crippen LogP contribution < -0.4 is 0 Å². The van der Waals surface area contributed by atoms with Gasteiger partial charge in [-0.15, -0.1) is 0 Å². The smallest absolute Gasteiger partial charge is 0.170 e. The molecule has 1 heterocycles. The number of hydrogen-bond acceptors (Lipinski definition) is 3. The average molecular weight is 204 g/mol. The van der Waals surface area contributed by atoms with Crippen LogP contribution in [0.2, 0.25) is 0 Å². The zero-order chi connectivity index (χ0) is 11.3. The number of hydrogen-bond donors (Lipinski definition) is 0. The van der Waals surface area contributed by atoms with Crippen molar-refractivity contribution < 1.29 is 4.79 Å². The molecule has 0 saturated heterocycles. The Labute approximate surface area is 89.9 Å². The van der Waals surface area contributed by atoms with E-state index in [2.05, 4.69) is 37.7 Å². The van der Waals surface area contributed by atoms with E-state index in [9.17, 15) is 4.79 Å². The minimum absolute atomic E-state index is 0.0833. The Hall–Kier alpha value is -1.25. The predicted molar refractivity (Wildman–Crippen MR) is 57.4 cm³/mol. The summed E-state index contributed by atoms with van der Waals surface area (Å²) in [6.45, 7) is 8.55. The van der Waals surface area contributed by atoms with E-state index in [0.717, 1.165) is 0 Å². The Bertz CT molecular complexity index is 381. The SMILES string of the molecule is CC1(C)C(C(=O)c2cncnc2)C1(C)C. The molecular formula is C12H16N2O. The molecular weight excluding hydrogens is 188 g/mol. The second kappa shape index (κ2) is 2.87. The average Bonchev–Trinajstić information content (AvgIpc) is 2.58. The summed E-state index contributed by atoms with van der Waals surface area (Å²) in [6.07, 6.45) is 4.64. The highest BCUT2D eigenvalue weighted by Gasteiger charge is 2.67. The van der Waals surface area contributed by atoms with Gasteiger partial charge in [-0.3, -0.25) is 4.79 Å². The van der Waals surface area contributed by atoms with Crippen molar-refractivity contribution in [2.45, 2.75) is 27.7 Å². The lowest BCUT2D eigenvalue weighted by Gasteiger charge is -2.03. The van der Waals surface area contributed by atoms with E-state index in [-0.39, 0.29) is 22.5 Å². The monoisotopic (exact) mass is 204 g/mol. The van der Waals surface area contributed by atoms with Gasteiger partial charge in [0.15, 0.2) is 5.78 Å². The molecule has 0 radical (unpaired) electrons. The van der Waals surface area contributed by atoms with Crippen LogP contribution in [-0.2, 0) is 0 Å². The Kier molecular flexibility index (Phi) is 1.97. The third kappa shape index (κ3) is 1.29. The van der Waals surface area contributed by atoms with Gasteiger partial charge in [-0.25, -0.2) is 9.97 Å². The van der Waals surface area contributed by atoms with E-state index in [0.29, 0.717) is 5.56 Å². The van der Waals surface area contributed by atoms with Gasteiger partial charge in [0.1, 0.15) is 6.33 Å². The number of carbonyl (C=O) groups excluding carboxylic acids is 1. The van der Waals surface area contributed by atoms with E-state index >= 15 is 0 Å². The molecule has 80 valence electrons. The highest BCUT2D eigenvalue weighted by molar-refractivity contribution is 6.00. The van der Waals surface area contributed by atoms with Crippen LogP contribution in [0.15, 0.2) is 18.7 Å². The molecule has 1 aromatic rings. The highest BCUT2D eigenvalue weighted by atomic mass is 16.1. The number of ketones is 1. The van der Waals surface area contributed by atoms with Gasteiger partial charge in [-0.05, 0) is 10.8 Å². The maximum absolute atomic E-state index is 12.2. The summed E-state index contributed by atoms with van der Waals surface area (Å²) in [4.78, 5) is 19.9. The van der Waals surface area contributed by atoms with Crippen LogP contribution in [0.4, 0.5) is 0 Å². The second-order valence-electron chi connectivity index (χ2n) is 5.37. The summed E-state index contributed by atoms with van der Waals surface area (Å²) in [6, 6.07) is 0. The predicted octanol–water partition coefficient (Wildman–Crippen LogP) is 2.34. The first-order valence-corrected chi connectivity index (χ1v) is 5.18. The zero-order valence-corrected chi connectivity index (χ0v) is 9.61. The van der Waals surface area contributed by atoms with Gasteiger partial charge >= 0.3 is 0 Å². The summed E-state index contributed by atoms with van der Waals surface area (Å²) < 4.78 is 0. The van der Waals surface area contributed by atoms with E-state index in [4.69, 9.17) is 0 Å². The van der Waals surface area contributed by atoms with Crippen molar-refractivity contribution in [1.82, 2.24) is 9.97 Å². The normalized spacial score (nSPS) is 22.4. The standard InChI is InChI=1S/C12H16N2O/c1-11(2)10(12(11,3)4)9(15)8-5-13-7-14-6-8/h5-7,10H,1-4H3. The largest absolute Gasteiger partial charge is 0.294 e. The summed E-state index contributed by atoms with van der Waals surface area (Å²) in [5.41, 5.74) is 0.793. The molecule has 0 bridgehead atoms. The molecule has 0 atom stereocenters. The van der Waals surface area contributed by atoms with Crippen LogP contribution in [0.25, 0.3) is 0 Å². The van der Waals surface area contributed by atoms with Crippen molar-refractivity contribution in [3.63, 3.8) is 0 Å². The van der Waals surface area contributed by atoms with Crippen LogP contribution in [0.3, 0.4) is 0 Å². The number of carbonyl (C=O) groups is 1. The van der Waals surface area contributed by atoms with Gasteiger partial charge in [-0.2, -0.15) is 0 Å². The Morgan fingerprint density at radius 3 is 2.00 bits per heavy atom. The van der Waals surface area contributed by atoms with Gasteiger partial charge in [-0.1, -0.05) is 27.7 Å². The minimum Gasteiger partial charge on any atom is -0.294 e. The molecule has 3 heteroatoms. The first-order valence-electron chi connectivity index (χ1n) is 5.18. The Balaban J connectivity index is 2.27. The Morgan fingerprint density at radius 1 is 1.13 bits per heavy atom. The summed E-state index contributed by atoms with van der Waals surface area (Å²) in [5, 5.41) is 0. The van der Waals surface area contributed by atoms with Crippen LogP contribution >= 0.6 is 0 Å². The number of aromatic nitrogens is 2. The van der Waals surface area contributed by atoms with E-state index in [1.165, 1.54) is 6.33 Å². The van der Waals surface area contributed by atoms with Gasteiger partial charge in [0.25, 0.3) is 0 Å². The lowest BCUT2D eigenvalue weighted by molar-refractivity contribution is 0.0944. The fourth-order valence-electron chi connectivity index (χ4n) is 2.44. The molecule has 1 aliphatic rings. The second-order valence-corrected chi connectivity index (χ2v) is 5.37.